The molecule has 0 unspecified atom stereocenters. The van der Waals surface area contributed by atoms with Crippen molar-refractivity contribution >= 4 is 27.5 Å². The lowest BCUT2D eigenvalue weighted by atomic mass is 10.3. The van der Waals surface area contributed by atoms with Crippen molar-refractivity contribution in [1.82, 2.24) is 9.97 Å². The SMILES string of the molecule is Clc1nccnc1OCCOc1cccc(Br)c1. The van der Waals surface area contributed by atoms with Crippen LogP contribution in [0.1, 0.15) is 0 Å². The number of hydrogen-bond acceptors (Lipinski definition) is 4. The van der Waals surface area contributed by atoms with Gasteiger partial charge in [-0.15, -0.1) is 0 Å². The number of halogens is 2. The van der Waals surface area contributed by atoms with Gasteiger partial charge in [-0.3, -0.25) is 0 Å². The highest BCUT2D eigenvalue weighted by molar-refractivity contribution is 9.10. The first kappa shape index (κ1) is 13.1. The molecule has 2 aromatic rings. The fraction of sp³-hybridized carbons (Fsp3) is 0.167. The van der Waals surface area contributed by atoms with Crippen molar-refractivity contribution in [2.45, 2.75) is 0 Å². The highest BCUT2D eigenvalue weighted by Gasteiger charge is 2.02. The van der Waals surface area contributed by atoms with E-state index in [9.17, 15) is 0 Å². The summed E-state index contributed by atoms with van der Waals surface area (Å²) in [5, 5.41) is 0.250. The van der Waals surface area contributed by atoms with E-state index in [1.54, 1.807) is 0 Å². The summed E-state index contributed by atoms with van der Waals surface area (Å²) >= 11 is 9.17. The predicted molar refractivity (Wildman–Crippen MR) is 72.2 cm³/mol. The Morgan fingerprint density at radius 3 is 2.67 bits per heavy atom. The van der Waals surface area contributed by atoms with Crippen LogP contribution in [0.5, 0.6) is 11.6 Å². The van der Waals surface area contributed by atoms with Crippen LogP contribution in [0.25, 0.3) is 0 Å². The second-order valence-corrected chi connectivity index (χ2v) is 4.58. The second kappa shape index (κ2) is 6.56. The maximum absolute atomic E-state index is 5.80. The Bertz CT molecular complexity index is 525. The van der Waals surface area contributed by atoms with Crippen LogP contribution in [-0.4, -0.2) is 23.2 Å². The molecule has 0 atom stereocenters. The first-order chi connectivity index (χ1) is 8.75. The summed E-state index contributed by atoms with van der Waals surface area (Å²) in [6.45, 7) is 0.758. The molecule has 0 radical (unpaired) electrons. The molecule has 6 heteroatoms. The van der Waals surface area contributed by atoms with Crippen molar-refractivity contribution in [2.24, 2.45) is 0 Å². The van der Waals surface area contributed by atoms with E-state index in [1.165, 1.54) is 12.4 Å². The maximum Gasteiger partial charge on any atom is 0.252 e. The summed E-state index contributed by atoms with van der Waals surface area (Å²) < 4.78 is 11.8. The normalized spacial score (nSPS) is 10.1. The van der Waals surface area contributed by atoms with Crippen LogP contribution in [-0.2, 0) is 0 Å². The Balaban J connectivity index is 1.78. The van der Waals surface area contributed by atoms with E-state index >= 15 is 0 Å². The van der Waals surface area contributed by atoms with E-state index in [4.69, 9.17) is 21.1 Å². The van der Waals surface area contributed by atoms with Gasteiger partial charge >= 0.3 is 0 Å². The molecule has 0 fully saturated rings. The van der Waals surface area contributed by atoms with E-state index in [2.05, 4.69) is 25.9 Å². The lowest BCUT2D eigenvalue weighted by Gasteiger charge is -2.08. The molecule has 0 aliphatic rings. The van der Waals surface area contributed by atoms with Crippen molar-refractivity contribution in [3.8, 4) is 11.6 Å². The van der Waals surface area contributed by atoms with Gasteiger partial charge in [0.05, 0.1) is 0 Å². The van der Waals surface area contributed by atoms with Crippen molar-refractivity contribution in [2.75, 3.05) is 13.2 Å². The molecule has 4 nitrogen and oxygen atoms in total. The molecule has 0 bridgehead atoms. The van der Waals surface area contributed by atoms with Gasteiger partial charge in [0, 0.05) is 16.9 Å². The van der Waals surface area contributed by atoms with Gasteiger partial charge in [0.2, 0.25) is 0 Å². The van der Waals surface area contributed by atoms with E-state index in [1.807, 2.05) is 24.3 Å². The average Bonchev–Trinajstić information content (AvgIpc) is 2.37. The number of benzene rings is 1. The van der Waals surface area contributed by atoms with Crippen molar-refractivity contribution in [1.29, 1.82) is 0 Å². The fourth-order valence-corrected chi connectivity index (χ4v) is 1.80. The summed E-state index contributed by atoms with van der Waals surface area (Å²) in [6.07, 6.45) is 3.03. The van der Waals surface area contributed by atoms with Gasteiger partial charge in [-0.2, -0.15) is 0 Å². The summed E-state index contributed by atoms with van der Waals surface area (Å²) in [5.41, 5.74) is 0. The molecule has 1 heterocycles. The number of rotatable bonds is 5. The molecule has 1 aromatic heterocycles. The zero-order valence-corrected chi connectivity index (χ0v) is 11.7. The average molecular weight is 330 g/mol. The van der Waals surface area contributed by atoms with Gasteiger partial charge < -0.3 is 9.47 Å². The minimum atomic E-state index is 0.250. The summed E-state index contributed by atoms with van der Waals surface area (Å²) in [5.74, 6) is 1.09. The molecule has 0 spiro atoms. The molecular weight excluding hydrogens is 320 g/mol. The highest BCUT2D eigenvalue weighted by atomic mass is 79.9. The van der Waals surface area contributed by atoms with Crippen molar-refractivity contribution < 1.29 is 9.47 Å². The summed E-state index contributed by atoms with van der Waals surface area (Å²) in [7, 11) is 0. The second-order valence-electron chi connectivity index (χ2n) is 3.31. The topological polar surface area (TPSA) is 44.2 Å². The summed E-state index contributed by atoms with van der Waals surface area (Å²) in [4.78, 5) is 7.82. The first-order valence-corrected chi connectivity index (χ1v) is 6.40. The Hall–Kier alpha value is -1.33. The highest BCUT2D eigenvalue weighted by Crippen LogP contribution is 2.18. The number of ether oxygens (including phenoxy) is 2. The Morgan fingerprint density at radius 2 is 1.89 bits per heavy atom. The van der Waals surface area contributed by atoms with Crippen LogP contribution in [0.15, 0.2) is 41.1 Å². The van der Waals surface area contributed by atoms with Crippen LogP contribution in [0, 0.1) is 0 Å². The minimum Gasteiger partial charge on any atom is -0.490 e. The van der Waals surface area contributed by atoms with Crippen molar-refractivity contribution in [3.63, 3.8) is 0 Å². The first-order valence-electron chi connectivity index (χ1n) is 5.23. The third-order valence-electron chi connectivity index (χ3n) is 2.01. The van der Waals surface area contributed by atoms with Crippen LogP contribution >= 0.6 is 27.5 Å². The molecular formula is C12H10BrClN2O2. The Labute approximate surface area is 118 Å². The maximum atomic E-state index is 5.80. The third-order valence-corrected chi connectivity index (χ3v) is 2.76. The predicted octanol–water partition coefficient (Wildman–Crippen LogP) is 3.35. The van der Waals surface area contributed by atoms with E-state index in [0.717, 1.165) is 10.2 Å². The zero-order chi connectivity index (χ0) is 12.8. The molecule has 0 saturated carbocycles. The minimum absolute atomic E-state index is 0.250. The Kier molecular flexibility index (Phi) is 4.78. The van der Waals surface area contributed by atoms with Crippen LogP contribution in [0.3, 0.4) is 0 Å². The quantitative estimate of drug-likeness (QED) is 0.789. The number of nitrogens with zero attached hydrogens (tertiary/aromatic N) is 2. The van der Waals surface area contributed by atoms with E-state index in [-0.39, 0.29) is 5.15 Å². The van der Waals surface area contributed by atoms with Crippen molar-refractivity contribution in [3.05, 3.63) is 46.3 Å². The molecule has 2 rings (SSSR count). The number of hydrogen-bond donors (Lipinski definition) is 0. The monoisotopic (exact) mass is 328 g/mol. The van der Waals surface area contributed by atoms with Gasteiger partial charge in [0.1, 0.15) is 19.0 Å². The standard InChI is InChI=1S/C12H10BrClN2O2/c13-9-2-1-3-10(8-9)17-6-7-18-12-11(14)15-4-5-16-12/h1-5,8H,6-7H2. The lowest BCUT2D eigenvalue weighted by Crippen LogP contribution is -2.10. The molecule has 0 aliphatic carbocycles. The van der Waals surface area contributed by atoms with Gasteiger partial charge in [0.25, 0.3) is 5.88 Å². The van der Waals surface area contributed by atoms with Gasteiger partial charge in [-0.1, -0.05) is 33.6 Å². The molecule has 1 aromatic carbocycles. The molecule has 94 valence electrons. The molecule has 18 heavy (non-hydrogen) atoms. The fourth-order valence-electron chi connectivity index (χ4n) is 1.26. The van der Waals surface area contributed by atoms with Gasteiger partial charge in [0.15, 0.2) is 5.15 Å². The van der Waals surface area contributed by atoms with Crippen LogP contribution in [0.2, 0.25) is 5.15 Å². The summed E-state index contributed by atoms with van der Waals surface area (Å²) in [6, 6.07) is 7.60. The zero-order valence-electron chi connectivity index (χ0n) is 9.35. The molecule has 0 aliphatic heterocycles. The van der Waals surface area contributed by atoms with E-state index < -0.39 is 0 Å². The number of aromatic nitrogens is 2. The largest absolute Gasteiger partial charge is 0.490 e. The van der Waals surface area contributed by atoms with Gasteiger partial charge in [-0.25, -0.2) is 9.97 Å². The Morgan fingerprint density at radius 1 is 1.11 bits per heavy atom. The van der Waals surface area contributed by atoms with Crippen LogP contribution in [0.4, 0.5) is 0 Å². The molecule has 0 saturated heterocycles. The third kappa shape index (κ3) is 3.85. The smallest absolute Gasteiger partial charge is 0.252 e. The van der Waals surface area contributed by atoms with E-state index in [0.29, 0.717) is 19.1 Å². The molecule has 0 amide bonds. The molecule has 0 N–H and O–H groups in total. The lowest BCUT2D eigenvalue weighted by molar-refractivity contribution is 0.211. The van der Waals surface area contributed by atoms with Crippen LogP contribution < -0.4 is 9.47 Å². The van der Waals surface area contributed by atoms with Gasteiger partial charge in [-0.05, 0) is 18.2 Å².